The third kappa shape index (κ3) is 3.39. The molecule has 0 radical (unpaired) electrons. The SMILES string of the molecule is CCOc1cccc(C2c3c(oc4cc(C)c(C)cc4c3=O)C(=O)N2CC2CCCO2)c1. The fraction of sp³-hybridized carbons (Fsp3) is 0.385. The maximum atomic E-state index is 13.7. The zero-order valence-electron chi connectivity index (χ0n) is 18.6. The molecule has 0 aliphatic carbocycles. The van der Waals surface area contributed by atoms with Crippen molar-refractivity contribution in [2.75, 3.05) is 19.8 Å². The lowest BCUT2D eigenvalue weighted by atomic mass is 9.97. The molecule has 0 saturated carbocycles. The van der Waals surface area contributed by atoms with Crippen LogP contribution in [-0.4, -0.2) is 36.7 Å². The predicted octanol–water partition coefficient (Wildman–Crippen LogP) is 4.53. The van der Waals surface area contributed by atoms with Crippen molar-refractivity contribution < 1.29 is 18.7 Å². The highest BCUT2D eigenvalue weighted by Crippen LogP contribution is 2.40. The minimum absolute atomic E-state index is 0.0418. The number of benzene rings is 2. The van der Waals surface area contributed by atoms with E-state index >= 15 is 0 Å². The molecule has 0 N–H and O–H groups in total. The summed E-state index contributed by atoms with van der Waals surface area (Å²) in [5, 5.41) is 0.504. The molecular weight excluding hydrogens is 406 g/mol. The minimum atomic E-state index is -0.538. The third-order valence-electron chi connectivity index (χ3n) is 6.49. The van der Waals surface area contributed by atoms with Crippen LogP contribution in [0.4, 0.5) is 0 Å². The van der Waals surface area contributed by atoms with Gasteiger partial charge in [0.25, 0.3) is 5.91 Å². The minimum Gasteiger partial charge on any atom is -0.494 e. The molecule has 6 heteroatoms. The Bertz CT molecular complexity index is 1260. The van der Waals surface area contributed by atoms with E-state index in [9.17, 15) is 9.59 Å². The molecule has 0 spiro atoms. The molecule has 2 aliphatic heterocycles. The lowest BCUT2D eigenvalue weighted by molar-refractivity contribution is 0.0486. The van der Waals surface area contributed by atoms with Crippen LogP contribution in [-0.2, 0) is 4.74 Å². The average molecular weight is 434 g/mol. The largest absolute Gasteiger partial charge is 0.494 e. The number of ether oxygens (including phenoxy) is 2. The van der Waals surface area contributed by atoms with E-state index < -0.39 is 6.04 Å². The molecule has 3 aromatic rings. The van der Waals surface area contributed by atoms with Gasteiger partial charge in [-0.1, -0.05) is 12.1 Å². The van der Waals surface area contributed by atoms with Gasteiger partial charge in [-0.05, 0) is 74.6 Å². The normalized spacial score (nSPS) is 20.2. The van der Waals surface area contributed by atoms with Crippen LogP contribution >= 0.6 is 0 Å². The van der Waals surface area contributed by atoms with E-state index in [-0.39, 0.29) is 23.2 Å². The second-order valence-corrected chi connectivity index (χ2v) is 8.61. The van der Waals surface area contributed by atoms with Crippen molar-refractivity contribution in [3.05, 3.63) is 74.6 Å². The van der Waals surface area contributed by atoms with Gasteiger partial charge in [0.15, 0.2) is 5.43 Å². The van der Waals surface area contributed by atoms with E-state index in [4.69, 9.17) is 13.9 Å². The highest BCUT2D eigenvalue weighted by Gasteiger charge is 2.44. The van der Waals surface area contributed by atoms with E-state index in [1.807, 2.05) is 57.2 Å². The van der Waals surface area contributed by atoms with Crippen LogP contribution in [0.25, 0.3) is 11.0 Å². The van der Waals surface area contributed by atoms with Crippen LogP contribution in [0.5, 0.6) is 5.75 Å². The standard InChI is InChI=1S/C26H27NO5/c1-4-30-18-8-5-7-17(13-18)23-22-24(28)20-11-15(2)16(3)12-21(20)32-25(22)26(29)27(23)14-19-9-6-10-31-19/h5,7-8,11-13,19,23H,4,6,9-10,14H2,1-3H3. The second-order valence-electron chi connectivity index (χ2n) is 8.61. The predicted molar refractivity (Wildman–Crippen MR) is 121 cm³/mol. The first-order valence-corrected chi connectivity index (χ1v) is 11.2. The molecule has 1 aromatic heterocycles. The number of hydrogen-bond acceptors (Lipinski definition) is 5. The van der Waals surface area contributed by atoms with Gasteiger partial charge in [0.2, 0.25) is 5.76 Å². The molecule has 3 heterocycles. The van der Waals surface area contributed by atoms with Crippen molar-refractivity contribution in [3.8, 4) is 5.75 Å². The number of rotatable bonds is 5. The van der Waals surface area contributed by atoms with Crippen molar-refractivity contribution in [1.29, 1.82) is 0 Å². The lowest BCUT2D eigenvalue weighted by Gasteiger charge is -2.27. The molecule has 6 nitrogen and oxygen atoms in total. The van der Waals surface area contributed by atoms with Crippen LogP contribution in [0.1, 0.15) is 58.6 Å². The Hall–Kier alpha value is -3.12. The molecule has 5 rings (SSSR count). The molecule has 2 unspecified atom stereocenters. The molecule has 1 saturated heterocycles. The molecule has 0 bridgehead atoms. The highest BCUT2D eigenvalue weighted by molar-refractivity contribution is 5.99. The Morgan fingerprint density at radius 3 is 2.69 bits per heavy atom. The highest BCUT2D eigenvalue weighted by atomic mass is 16.5. The molecule has 1 fully saturated rings. The van der Waals surface area contributed by atoms with Gasteiger partial charge in [-0.15, -0.1) is 0 Å². The fourth-order valence-electron chi connectivity index (χ4n) is 4.76. The average Bonchev–Trinajstić information content (AvgIpc) is 3.38. The van der Waals surface area contributed by atoms with Gasteiger partial charge in [-0.2, -0.15) is 0 Å². The Balaban J connectivity index is 1.70. The quantitative estimate of drug-likeness (QED) is 0.591. The number of amides is 1. The lowest BCUT2D eigenvalue weighted by Crippen LogP contribution is -2.36. The van der Waals surface area contributed by atoms with E-state index in [1.165, 1.54) is 0 Å². The summed E-state index contributed by atoms with van der Waals surface area (Å²) in [6, 6.07) is 10.8. The number of fused-ring (bicyclic) bond motifs is 2. The number of aryl methyl sites for hydroxylation is 2. The summed E-state index contributed by atoms with van der Waals surface area (Å²) in [5.74, 6) is 0.578. The Labute approximate surface area is 186 Å². The van der Waals surface area contributed by atoms with Crippen LogP contribution in [0.2, 0.25) is 0 Å². The van der Waals surface area contributed by atoms with Crippen molar-refractivity contribution in [2.45, 2.75) is 45.8 Å². The Kier molecular flexibility index (Phi) is 5.25. The summed E-state index contributed by atoms with van der Waals surface area (Å²) in [6.45, 7) is 7.52. The Morgan fingerprint density at radius 2 is 1.94 bits per heavy atom. The maximum absolute atomic E-state index is 13.7. The summed E-state index contributed by atoms with van der Waals surface area (Å²) in [7, 11) is 0. The smallest absolute Gasteiger partial charge is 0.291 e. The summed E-state index contributed by atoms with van der Waals surface area (Å²) < 4.78 is 17.6. The molecular formula is C26H27NO5. The van der Waals surface area contributed by atoms with Crippen LogP contribution in [0, 0.1) is 13.8 Å². The van der Waals surface area contributed by atoms with E-state index in [0.29, 0.717) is 42.0 Å². The first kappa shape index (κ1) is 20.8. The summed E-state index contributed by atoms with van der Waals surface area (Å²) in [6.07, 6.45) is 1.83. The second kappa shape index (κ2) is 8.10. The number of hydrogen-bond donors (Lipinski definition) is 0. The topological polar surface area (TPSA) is 69.0 Å². The number of nitrogens with zero attached hydrogens (tertiary/aromatic N) is 1. The van der Waals surface area contributed by atoms with E-state index in [0.717, 1.165) is 29.5 Å². The monoisotopic (exact) mass is 433 g/mol. The van der Waals surface area contributed by atoms with Crippen LogP contribution in [0.3, 0.4) is 0 Å². The number of carbonyl (C=O) groups excluding carboxylic acids is 1. The molecule has 32 heavy (non-hydrogen) atoms. The Morgan fingerprint density at radius 1 is 1.12 bits per heavy atom. The molecule has 2 atom stereocenters. The van der Waals surface area contributed by atoms with Crippen molar-refractivity contribution in [1.82, 2.24) is 4.90 Å². The van der Waals surface area contributed by atoms with Crippen molar-refractivity contribution in [2.24, 2.45) is 0 Å². The van der Waals surface area contributed by atoms with E-state index in [2.05, 4.69) is 0 Å². The first-order chi connectivity index (χ1) is 15.5. The fourth-order valence-corrected chi connectivity index (χ4v) is 4.76. The van der Waals surface area contributed by atoms with Crippen molar-refractivity contribution >= 4 is 16.9 Å². The molecule has 2 aromatic carbocycles. The molecule has 166 valence electrons. The summed E-state index contributed by atoms with van der Waals surface area (Å²) >= 11 is 0. The van der Waals surface area contributed by atoms with Crippen molar-refractivity contribution in [3.63, 3.8) is 0 Å². The van der Waals surface area contributed by atoms with Gasteiger partial charge in [0.1, 0.15) is 11.3 Å². The third-order valence-corrected chi connectivity index (χ3v) is 6.49. The van der Waals surface area contributed by atoms with E-state index in [1.54, 1.807) is 4.90 Å². The van der Waals surface area contributed by atoms with Gasteiger partial charge in [-0.25, -0.2) is 0 Å². The van der Waals surface area contributed by atoms with Crippen LogP contribution < -0.4 is 10.2 Å². The van der Waals surface area contributed by atoms with Gasteiger partial charge in [-0.3, -0.25) is 9.59 Å². The molecule has 2 aliphatic rings. The zero-order chi connectivity index (χ0) is 22.4. The summed E-state index contributed by atoms with van der Waals surface area (Å²) in [5.41, 5.74) is 3.56. The van der Waals surface area contributed by atoms with Gasteiger partial charge < -0.3 is 18.8 Å². The maximum Gasteiger partial charge on any atom is 0.291 e. The zero-order valence-corrected chi connectivity index (χ0v) is 18.6. The van der Waals surface area contributed by atoms with Gasteiger partial charge >= 0.3 is 0 Å². The molecule has 1 amide bonds. The summed E-state index contributed by atoms with van der Waals surface area (Å²) in [4.78, 5) is 29.0. The van der Waals surface area contributed by atoms with Gasteiger partial charge in [0, 0.05) is 13.2 Å². The first-order valence-electron chi connectivity index (χ1n) is 11.2. The van der Waals surface area contributed by atoms with Gasteiger partial charge in [0.05, 0.1) is 29.7 Å². The van der Waals surface area contributed by atoms with Crippen LogP contribution in [0.15, 0.2) is 45.6 Å². The number of carbonyl (C=O) groups is 1.